The van der Waals surface area contributed by atoms with Gasteiger partial charge in [-0.2, -0.15) is 5.10 Å². The summed E-state index contributed by atoms with van der Waals surface area (Å²) in [6.45, 7) is 0. The highest BCUT2D eigenvalue weighted by molar-refractivity contribution is 7.91. The first-order valence-electron chi connectivity index (χ1n) is 17.2. The largest absolute Gasteiger partial charge is 0.238 e. The van der Waals surface area contributed by atoms with E-state index in [2.05, 4.69) is 132 Å². The molecule has 51 heavy (non-hydrogen) atoms. The molecule has 0 saturated heterocycles. The van der Waals surface area contributed by atoms with Crippen LogP contribution >= 0.6 is 7.49 Å². The van der Waals surface area contributed by atoms with Gasteiger partial charge in [-0.05, 0) is 82.2 Å². The topological polar surface area (TPSA) is 38.1 Å². The molecule has 0 radical (unpaired) electrons. The number of aromatic nitrogens is 2. The quantitative estimate of drug-likeness (QED) is 0.171. The van der Waals surface area contributed by atoms with E-state index < -0.39 is 7.49 Å². The summed E-state index contributed by atoms with van der Waals surface area (Å²) in [6.07, 6.45) is 0. The first kappa shape index (κ1) is 30.9. The van der Waals surface area contributed by atoms with E-state index in [0.717, 1.165) is 66.0 Å². The third kappa shape index (κ3) is 5.45. The van der Waals surface area contributed by atoms with Crippen molar-refractivity contribution < 1.29 is 4.89 Å². The van der Waals surface area contributed by atoms with Crippen LogP contribution in [-0.2, 0) is 0 Å². The minimum atomic E-state index is -2.79. The Labute approximate surface area is 298 Å². The maximum Gasteiger partial charge on any atom is 0.238 e. The van der Waals surface area contributed by atoms with Crippen LogP contribution in [0.4, 0.5) is 0 Å². The fraction of sp³-hybridized carbons (Fsp3) is 0. The molecule has 1 heterocycles. The van der Waals surface area contributed by atoms with Crippen molar-refractivity contribution >= 4 is 45.1 Å². The molecule has 242 valence electrons. The highest BCUT2D eigenvalue weighted by Crippen LogP contribution is 2.51. The average Bonchev–Trinajstić information content (AvgIpc) is 3.63. The molecule has 0 spiro atoms. The second-order valence-corrected chi connectivity index (χ2v) is 15.6. The van der Waals surface area contributed by atoms with Crippen molar-refractivity contribution in [3.63, 3.8) is 0 Å². The van der Waals surface area contributed by atoms with Gasteiger partial charge in [-0.1, -0.05) is 146 Å². The van der Waals surface area contributed by atoms with Crippen LogP contribution in [0.25, 0.3) is 60.9 Å². The van der Waals surface area contributed by atoms with Crippen LogP contribution in [0, 0.1) is 0 Å². The van der Waals surface area contributed by atoms with E-state index in [9.17, 15) is 4.89 Å². The van der Waals surface area contributed by atoms with Crippen molar-refractivity contribution in [3.8, 4) is 39.2 Å². The standard InChI is InChI=1S/C47H34N2OP/c50-51(40-20-9-3-10-21-40,41-22-11-4-12-23-41)42-31-29-35(30-32-42)34-25-27-36(28-26-34)44-33-38-17-13-14-24-43(38)47-45(44)46(37-15-5-1-6-16-37)48-49(47)39-18-7-2-8-19-39/h1-33,50H/q+1. The van der Waals surface area contributed by atoms with Gasteiger partial charge in [0.2, 0.25) is 7.49 Å². The maximum absolute atomic E-state index is 12.4. The zero-order valence-electron chi connectivity index (χ0n) is 27.8. The first-order valence-corrected chi connectivity index (χ1v) is 18.9. The molecule has 1 N–H and O–H groups in total. The summed E-state index contributed by atoms with van der Waals surface area (Å²) >= 11 is 0. The van der Waals surface area contributed by atoms with E-state index in [-0.39, 0.29) is 0 Å². The Morgan fingerprint density at radius 1 is 0.431 bits per heavy atom. The van der Waals surface area contributed by atoms with Crippen LogP contribution in [0.5, 0.6) is 0 Å². The van der Waals surface area contributed by atoms with Crippen LogP contribution in [0.2, 0.25) is 0 Å². The zero-order valence-corrected chi connectivity index (χ0v) is 28.7. The summed E-state index contributed by atoms with van der Waals surface area (Å²) in [5.74, 6) is 0. The smallest absolute Gasteiger partial charge is 0.235 e. The first-order chi connectivity index (χ1) is 25.2. The van der Waals surface area contributed by atoms with Gasteiger partial charge in [0.25, 0.3) is 0 Å². The molecule has 0 aliphatic heterocycles. The minimum absolute atomic E-state index is 0.933. The molecule has 4 heteroatoms. The Balaban J connectivity index is 1.16. The normalized spacial score (nSPS) is 11.6. The molecule has 0 fully saturated rings. The number of nitrogens with zero attached hydrogens (tertiary/aromatic N) is 2. The summed E-state index contributed by atoms with van der Waals surface area (Å²) in [5.41, 5.74) is 8.66. The average molecular weight is 674 g/mol. The van der Waals surface area contributed by atoms with Gasteiger partial charge in [0.15, 0.2) is 0 Å². The van der Waals surface area contributed by atoms with E-state index >= 15 is 0 Å². The lowest BCUT2D eigenvalue weighted by Crippen LogP contribution is -2.30. The van der Waals surface area contributed by atoms with Gasteiger partial charge in [-0.15, -0.1) is 0 Å². The van der Waals surface area contributed by atoms with Crippen molar-refractivity contribution in [3.05, 3.63) is 200 Å². The second kappa shape index (κ2) is 13.0. The Morgan fingerprint density at radius 2 is 0.902 bits per heavy atom. The summed E-state index contributed by atoms with van der Waals surface area (Å²) in [7, 11) is -2.79. The molecule has 0 aliphatic carbocycles. The SMILES string of the molecule is O[P+](c1ccccc1)(c1ccccc1)c1ccc(-c2ccc(-c3cc4ccccc4c4c3c(-c3ccccc3)nn4-c3ccccc3)cc2)cc1. The number of hydrogen-bond acceptors (Lipinski definition) is 2. The third-order valence-corrected chi connectivity index (χ3v) is 12.9. The summed E-state index contributed by atoms with van der Waals surface area (Å²) in [4.78, 5) is 12.4. The number of benzene rings is 8. The van der Waals surface area contributed by atoms with Gasteiger partial charge in [-0.3, -0.25) is 0 Å². The van der Waals surface area contributed by atoms with Crippen LogP contribution in [0.3, 0.4) is 0 Å². The highest BCUT2D eigenvalue weighted by Gasteiger charge is 2.44. The van der Waals surface area contributed by atoms with Crippen LogP contribution in [0.15, 0.2) is 200 Å². The van der Waals surface area contributed by atoms with Gasteiger partial charge in [0, 0.05) is 16.3 Å². The van der Waals surface area contributed by atoms with E-state index in [4.69, 9.17) is 5.10 Å². The van der Waals surface area contributed by atoms with Crippen LogP contribution in [0.1, 0.15) is 0 Å². The molecule has 9 aromatic rings. The van der Waals surface area contributed by atoms with E-state index in [1.807, 2.05) is 72.8 Å². The molecule has 3 nitrogen and oxygen atoms in total. The fourth-order valence-corrected chi connectivity index (χ4v) is 9.90. The fourth-order valence-electron chi connectivity index (χ4n) is 7.22. The highest BCUT2D eigenvalue weighted by atomic mass is 31.2. The third-order valence-electron chi connectivity index (χ3n) is 9.75. The van der Waals surface area contributed by atoms with Crippen molar-refractivity contribution in [2.75, 3.05) is 0 Å². The molecule has 9 rings (SSSR count). The Bertz CT molecular complexity index is 2560. The second-order valence-electron chi connectivity index (χ2n) is 12.8. The number of para-hydroxylation sites is 1. The number of rotatable bonds is 7. The molecular formula is C47H34N2OP+. The lowest BCUT2D eigenvalue weighted by atomic mass is 9.93. The van der Waals surface area contributed by atoms with Crippen molar-refractivity contribution in [2.45, 2.75) is 0 Å². The molecular weight excluding hydrogens is 640 g/mol. The van der Waals surface area contributed by atoms with E-state index in [0.29, 0.717) is 0 Å². The van der Waals surface area contributed by atoms with Crippen molar-refractivity contribution in [1.82, 2.24) is 9.78 Å². The number of fused-ring (bicyclic) bond motifs is 3. The van der Waals surface area contributed by atoms with E-state index in [1.165, 1.54) is 10.8 Å². The molecule has 1 aromatic heterocycles. The Morgan fingerprint density at radius 3 is 1.51 bits per heavy atom. The monoisotopic (exact) mass is 673 g/mol. The Kier molecular flexibility index (Phi) is 7.86. The predicted molar refractivity (Wildman–Crippen MR) is 216 cm³/mol. The van der Waals surface area contributed by atoms with Gasteiger partial charge in [0.05, 0.1) is 11.2 Å². The van der Waals surface area contributed by atoms with E-state index in [1.54, 1.807) is 0 Å². The van der Waals surface area contributed by atoms with Gasteiger partial charge in [0.1, 0.15) is 21.6 Å². The summed E-state index contributed by atoms with van der Waals surface area (Å²) in [6, 6.07) is 69.2. The zero-order chi connectivity index (χ0) is 34.2. The lowest BCUT2D eigenvalue weighted by Gasteiger charge is -2.20. The van der Waals surface area contributed by atoms with Gasteiger partial charge < -0.3 is 0 Å². The predicted octanol–water partition coefficient (Wildman–Crippen LogP) is 10.4. The number of hydrogen-bond donors (Lipinski definition) is 1. The van der Waals surface area contributed by atoms with Crippen molar-refractivity contribution in [2.24, 2.45) is 0 Å². The lowest BCUT2D eigenvalue weighted by molar-refractivity contribution is 0.633. The van der Waals surface area contributed by atoms with Crippen LogP contribution < -0.4 is 15.9 Å². The van der Waals surface area contributed by atoms with Crippen molar-refractivity contribution in [1.29, 1.82) is 0 Å². The molecule has 8 aromatic carbocycles. The molecule has 0 bridgehead atoms. The minimum Gasteiger partial charge on any atom is -0.235 e. The molecule has 0 saturated carbocycles. The van der Waals surface area contributed by atoms with Crippen LogP contribution in [-0.4, -0.2) is 14.7 Å². The molecule has 0 amide bonds. The molecule has 0 unspecified atom stereocenters. The molecule has 0 atom stereocenters. The summed E-state index contributed by atoms with van der Waals surface area (Å²) < 4.78 is 2.11. The van der Waals surface area contributed by atoms with Gasteiger partial charge >= 0.3 is 0 Å². The molecule has 0 aliphatic rings. The summed E-state index contributed by atoms with van der Waals surface area (Å²) in [5, 5.41) is 11.6. The maximum atomic E-state index is 12.4. The Hall–Kier alpha value is -6.12. The van der Waals surface area contributed by atoms with Gasteiger partial charge in [-0.25, -0.2) is 9.58 Å².